The van der Waals surface area contributed by atoms with Crippen molar-refractivity contribution in [2.24, 2.45) is 13.0 Å². The van der Waals surface area contributed by atoms with Gasteiger partial charge in [-0.1, -0.05) is 24.6 Å². The molecule has 2 heterocycles. The molecule has 7 nitrogen and oxygen atoms in total. The van der Waals surface area contributed by atoms with Gasteiger partial charge in [0.25, 0.3) is 5.56 Å². The molecule has 0 amide bonds. The van der Waals surface area contributed by atoms with Crippen molar-refractivity contribution >= 4 is 11.8 Å². The Bertz CT molecular complexity index is 707. The Hall–Kier alpha value is -1.67. The van der Waals surface area contributed by atoms with E-state index in [9.17, 15) is 4.79 Å². The molecule has 118 valence electrons. The summed E-state index contributed by atoms with van der Waals surface area (Å²) in [6, 6.07) is 1.52. The lowest BCUT2D eigenvalue weighted by Crippen LogP contribution is -2.23. The van der Waals surface area contributed by atoms with E-state index in [0.717, 1.165) is 17.5 Å². The minimum Gasteiger partial charge on any atom is -0.359 e. The average molecular weight is 321 g/mol. The van der Waals surface area contributed by atoms with Crippen LogP contribution in [-0.2, 0) is 18.5 Å². The van der Waals surface area contributed by atoms with E-state index in [1.165, 1.54) is 35.4 Å². The highest BCUT2D eigenvalue weighted by Gasteiger charge is 2.20. The van der Waals surface area contributed by atoms with Crippen LogP contribution in [0.25, 0.3) is 11.4 Å². The fraction of sp³-hybridized carbons (Fsp3) is 0.571. The molecule has 0 bridgehead atoms. The lowest BCUT2D eigenvalue weighted by molar-refractivity contribution is 0.0613. The summed E-state index contributed by atoms with van der Waals surface area (Å²) in [6.07, 6.45) is 7.25. The van der Waals surface area contributed by atoms with Gasteiger partial charge in [-0.05, 0) is 18.6 Å². The second-order valence-corrected chi connectivity index (χ2v) is 6.19. The first kappa shape index (κ1) is 15.2. The molecule has 0 saturated heterocycles. The molecule has 2 aromatic heterocycles. The molecule has 22 heavy (non-hydrogen) atoms. The number of thioether (sulfide) groups is 1. The first-order chi connectivity index (χ1) is 10.7. The van der Waals surface area contributed by atoms with Crippen molar-refractivity contribution in [1.29, 1.82) is 0 Å². The van der Waals surface area contributed by atoms with E-state index < -0.39 is 0 Å². The largest absolute Gasteiger partial charge is 0.359 e. The molecule has 0 unspecified atom stereocenters. The van der Waals surface area contributed by atoms with E-state index in [-0.39, 0.29) is 12.3 Å². The maximum atomic E-state index is 12.1. The van der Waals surface area contributed by atoms with Gasteiger partial charge in [-0.2, -0.15) is 5.10 Å². The van der Waals surface area contributed by atoms with Crippen LogP contribution >= 0.6 is 11.8 Å². The predicted octanol–water partition coefficient (Wildman–Crippen LogP) is 1.53. The fourth-order valence-corrected chi connectivity index (χ4v) is 2.69. The highest BCUT2D eigenvalue weighted by molar-refractivity contribution is 7.98. The number of aromatic nitrogens is 5. The molecule has 0 aliphatic heterocycles. The Labute approximate surface area is 132 Å². The van der Waals surface area contributed by atoms with Gasteiger partial charge < -0.3 is 9.30 Å². The molecule has 1 fully saturated rings. The van der Waals surface area contributed by atoms with Crippen LogP contribution in [-0.4, -0.2) is 37.4 Å². The molecule has 1 aliphatic rings. The Kier molecular flexibility index (Phi) is 4.58. The molecule has 0 spiro atoms. The summed E-state index contributed by atoms with van der Waals surface area (Å²) in [5.74, 6) is 1.46. The number of ether oxygens (including phenoxy) is 1. The monoisotopic (exact) mass is 321 g/mol. The Balaban J connectivity index is 1.68. The molecular formula is C14H19N5O2S. The summed E-state index contributed by atoms with van der Waals surface area (Å²) in [5, 5.41) is 13.1. The van der Waals surface area contributed by atoms with Crippen LogP contribution in [0.2, 0.25) is 0 Å². The molecule has 1 saturated carbocycles. The predicted molar refractivity (Wildman–Crippen MR) is 83.6 cm³/mol. The first-order valence-corrected chi connectivity index (χ1v) is 8.50. The Morgan fingerprint density at radius 3 is 2.86 bits per heavy atom. The summed E-state index contributed by atoms with van der Waals surface area (Å²) < 4.78 is 8.67. The van der Waals surface area contributed by atoms with Crippen LogP contribution in [0.1, 0.15) is 19.3 Å². The summed E-state index contributed by atoms with van der Waals surface area (Å²) in [6.45, 7) is 0.877. The van der Waals surface area contributed by atoms with Crippen LogP contribution in [0.5, 0.6) is 0 Å². The molecule has 0 N–H and O–H groups in total. The van der Waals surface area contributed by atoms with Crippen molar-refractivity contribution in [3.63, 3.8) is 0 Å². The topological polar surface area (TPSA) is 74.8 Å². The third-order valence-corrected chi connectivity index (χ3v) is 4.45. The zero-order valence-corrected chi connectivity index (χ0v) is 13.5. The summed E-state index contributed by atoms with van der Waals surface area (Å²) in [7, 11) is 1.87. The summed E-state index contributed by atoms with van der Waals surface area (Å²) in [4.78, 5) is 12.1. The van der Waals surface area contributed by atoms with Gasteiger partial charge in [0.15, 0.2) is 11.0 Å². The van der Waals surface area contributed by atoms with Crippen molar-refractivity contribution < 1.29 is 4.74 Å². The van der Waals surface area contributed by atoms with E-state index in [1.807, 2.05) is 17.9 Å². The summed E-state index contributed by atoms with van der Waals surface area (Å²) in [5.41, 5.74) is 0.465. The molecule has 8 heteroatoms. The zero-order valence-electron chi connectivity index (χ0n) is 12.7. The second-order valence-electron chi connectivity index (χ2n) is 5.42. The standard InChI is InChI=1S/C14H19N5O2S/c1-18-13(16-17-14(18)22-2)11-7-12(20)19(15-8-11)9-21-6-5-10-3-4-10/h7-8,10H,3-6,9H2,1-2H3. The minimum absolute atomic E-state index is 0.195. The van der Waals surface area contributed by atoms with Gasteiger partial charge in [-0.15, -0.1) is 10.2 Å². The van der Waals surface area contributed by atoms with Crippen LogP contribution in [0.3, 0.4) is 0 Å². The maximum absolute atomic E-state index is 12.1. The Morgan fingerprint density at radius 2 is 2.23 bits per heavy atom. The Morgan fingerprint density at radius 1 is 1.41 bits per heavy atom. The first-order valence-electron chi connectivity index (χ1n) is 7.27. The number of rotatable bonds is 7. The molecule has 0 radical (unpaired) electrons. The van der Waals surface area contributed by atoms with Crippen LogP contribution in [0.15, 0.2) is 22.2 Å². The van der Waals surface area contributed by atoms with E-state index in [2.05, 4.69) is 15.3 Å². The van der Waals surface area contributed by atoms with Gasteiger partial charge in [0.2, 0.25) is 0 Å². The van der Waals surface area contributed by atoms with E-state index in [0.29, 0.717) is 18.0 Å². The van der Waals surface area contributed by atoms with Gasteiger partial charge in [-0.3, -0.25) is 4.79 Å². The van der Waals surface area contributed by atoms with Crippen molar-refractivity contribution in [2.75, 3.05) is 12.9 Å². The van der Waals surface area contributed by atoms with Crippen LogP contribution in [0.4, 0.5) is 0 Å². The third-order valence-electron chi connectivity index (χ3n) is 3.73. The van der Waals surface area contributed by atoms with Gasteiger partial charge >= 0.3 is 0 Å². The molecule has 0 atom stereocenters. The quantitative estimate of drug-likeness (QED) is 0.569. The van der Waals surface area contributed by atoms with Gasteiger partial charge in [0, 0.05) is 25.3 Å². The van der Waals surface area contributed by atoms with Crippen molar-refractivity contribution in [1.82, 2.24) is 24.5 Å². The smallest absolute Gasteiger partial charge is 0.269 e. The molecular weight excluding hydrogens is 302 g/mol. The molecule has 0 aromatic carbocycles. The second kappa shape index (κ2) is 6.62. The van der Waals surface area contributed by atoms with Crippen molar-refractivity contribution in [2.45, 2.75) is 31.1 Å². The number of nitrogens with zero attached hydrogens (tertiary/aromatic N) is 5. The van der Waals surface area contributed by atoms with Crippen LogP contribution < -0.4 is 5.56 Å². The van der Waals surface area contributed by atoms with Crippen molar-refractivity contribution in [3.8, 4) is 11.4 Å². The number of hydrogen-bond acceptors (Lipinski definition) is 6. The highest BCUT2D eigenvalue weighted by Crippen LogP contribution is 2.32. The lowest BCUT2D eigenvalue weighted by atomic mass is 10.3. The highest BCUT2D eigenvalue weighted by atomic mass is 32.2. The molecule has 2 aromatic rings. The van der Waals surface area contributed by atoms with Crippen LogP contribution in [0, 0.1) is 5.92 Å². The average Bonchev–Trinajstić information content (AvgIpc) is 3.26. The molecule has 3 rings (SSSR count). The SMILES string of the molecule is CSc1nnc(-c2cnn(COCCC3CC3)c(=O)c2)n1C. The zero-order chi connectivity index (χ0) is 15.5. The lowest BCUT2D eigenvalue weighted by Gasteiger charge is -2.07. The minimum atomic E-state index is -0.197. The third kappa shape index (κ3) is 3.38. The summed E-state index contributed by atoms with van der Waals surface area (Å²) >= 11 is 1.50. The number of hydrogen-bond donors (Lipinski definition) is 0. The van der Waals surface area contributed by atoms with E-state index >= 15 is 0 Å². The van der Waals surface area contributed by atoms with Gasteiger partial charge in [0.1, 0.15) is 6.73 Å². The van der Waals surface area contributed by atoms with Gasteiger partial charge in [-0.25, -0.2) is 4.68 Å². The molecule has 1 aliphatic carbocycles. The fourth-order valence-electron chi connectivity index (χ4n) is 2.20. The van der Waals surface area contributed by atoms with Crippen molar-refractivity contribution in [3.05, 3.63) is 22.6 Å². The van der Waals surface area contributed by atoms with E-state index in [4.69, 9.17) is 4.74 Å². The maximum Gasteiger partial charge on any atom is 0.269 e. The van der Waals surface area contributed by atoms with Gasteiger partial charge in [0.05, 0.1) is 6.20 Å². The van der Waals surface area contributed by atoms with E-state index in [1.54, 1.807) is 6.20 Å². The normalized spacial score (nSPS) is 14.5.